The van der Waals surface area contributed by atoms with Crippen LogP contribution in [0.4, 0.5) is 11.9 Å². The number of anilines is 2. The molecule has 3 aromatic rings. The molecule has 0 saturated heterocycles. The fourth-order valence-electron chi connectivity index (χ4n) is 1.65. The van der Waals surface area contributed by atoms with Crippen molar-refractivity contribution in [1.82, 2.24) is 25.1 Å². The van der Waals surface area contributed by atoms with Crippen LogP contribution in [0.2, 0.25) is 0 Å². The van der Waals surface area contributed by atoms with Crippen molar-refractivity contribution in [3.63, 3.8) is 0 Å². The summed E-state index contributed by atoms with van der Waals surface area (Å²) in [5, 5.41) is 8.40. The lowest BCUT2D eigenvalue weighted by atomic mass is 10.2. The zero-order valence-corrected chi connectivity index (χ0v) is 13.5. The van der Waals surface area contributed by atoms with E-state index in [-0.39, 0.29) is 11.9 Å². The van der Waals surface area contributed by atoms with Gasteiger partial charge in [0, 0.05) is 10.0 Å². The van der Waals surface area contributed by atoms with Crippen LogP contribution in [0, 0.1) is 0 Å². The Labute approximate surface area is 137 Å². The second kappa shape index (κ2) is 6.28. The molecule has 0 amide bonds. The molecule has 0 atom stereocenters. The Bertz CT molecular complexity index is 789. The van der Waals surface area contributed by atoms with Gasteiger partial charge in [-0.25, -0.2) is 0 Å². The molecule has 0 aliphatic heterocycles. The first-order chi connectivity index (χ1) is 10.6. The lowest BCUT2D eigenvalue weighted by Crippen LogP contribution is -2.05. The third-order valence-corrected chi connectivity index (χ3v) is 3.83. The molecule has 0 saturated carbocycles. The van der Waals surface area contributed by atoms with Crippen molar-refractivity contribution in [3.05, 3.63) is 34.6 Å². The highest BCUT2D eigenvalue weighted by atomic mass is 79.9. The number of aromatic nitrogens is 5. The molecule has 0 radical (unpaired) electrons. The van der Waals surface area contributed by atoms with Gasteiger partial charge in [-0.15, -0.1) is 10.2 Å². The average Bonchev–Trinajstić information content (AvgIpc) is 2.93. The van der Waals surface area contributed by atoms with E-state index in [4.69, 9.17) is 15.9 Å². The number of rotatable bonds is 4. The summed E-state index contributed by atoms with van der Waals surface area (Å²) in [6, 6.07) is 7.60. The van der Waals surface area contributed by atoms with Gasteiger partial charge in [-0.05, 0) is 18.2 Å². The number of nitrogens with two attached hydrogens (primary N) is 2. The van der Waals surface area contributed by atoms with Crippen molar-refractivity contribution < 1.29 is 4.42 Å². The monoisotopic (exact) mass is 379 g/mol. The molecule has 0 bridgehead atoms. The third kappa shape index (κ3) is 3.52. The Kier molecular flexibility index (Phi) is 4.20. The predicted molar refractivity (Wildman–Crippen MR) is 85.6 cm³/mol. The summed E-state index contributed by atoms with van der Waals surface area (Å²) >= 11 is 4.69. The summed E-state index contributed by atoms with van der Waals surface area (Å²) in [5.74, 6) is 1.47. The summed E-state index contributed by atoms with van der Waals surface area (Å²) in [7, 11) is 0. The molecule has 0 spiro atoms. The van der Waals surface area contributed by atoms with Gasteiger partial charge in [-0.1, -0.05) is 33.8 Å². The fraction of sp³-hybridized carbons (Fsp3) is 0.0833. The summed E-state index contributed by atoms with van der Waals surface area (Å²) in [6.07, 6.45) is 0. The van der Waals surface area contributed by atoms with Gasteiger partial charge in [0.15, 0.2) is 0 Å². The second-order valence-electron chi connectivity index (χ2n) is 4.14. The maximum absolute atomic E-state index is 5.59. The minimum absolute atomic E-state index is 0.0865. The number of halogens is 1. The molecule has 3 rings (SSSR count). The van der Waals surface area contributed by atoms with E-state index in [1.165, 1.54) is 11.8 Å². The van der Waals surface area contributed by atoms with Crippen LogP contribution >= 0.6 is 27.7 Å². The standard InChI is InChI=1S/C12H10BrN7OS/c13-7-3-1-2-6(4-7)9-19-20-12(21-9)22-5-8-16-10(14)18-11(15)17-8/h1-4H,5H2,(H4,14,15,16,17,18). The van der Waals surface area contributed by atoms with Crippen molar-refractivity contribution in [3.8, 4) is 11.5 Å². The number of hydrogen-bond donors (Lipinski definition) is 2. The van der Waals surface area contributed by atoms with E-state index in [0.29, 0.717) is 22.7 Å². The van der Waals surface area contributed by atoms with Crippen molar-refractivity contribution in [2.75, 3.05) is 11.5 Å². The SMILES string of the molecule is Nc1nc(N)nc(CSc2nnc(-c3cccc(Br)c3)o2)n1. The number of benzene rings is 1. The number of hydrogen-bond acceptors (Lipinski definition) is 9. The van der Waals surface area contributed by atoms with E-state index >= 15 is 0 Å². The quantitative estimate of drug-likeness (QED) is 0.654. The topological polar surface area (TPSA) is 130 Å². The highest BCUT2D eigenvalue weighted by Crippen LogP contribution is 2.26. The van der Waals surface area contributed by atoms with E-state index < -0.39 is 0 Å². The Morgan fingerprint density at radius 1 is 1.09 bits per heavy atom. The first kappa shape index (κ1) is 14.7. The highest BCUT2D eigenvalue weighted by Gasteiger charge is 2.11. The van der Waals surface area contributed by atoms with E-state index in [1.54, 1.807) is 0 Å². The minimum Gasteiger partial charge on any atom is -0.411 e. The predicted octanol–water partition coefficient (Wildman–Crippen LogP) is 2.14. The van der Waals surface area contributed by atoms with Crippen molar-refractivity contribution in [1.29, 1.82) is 0 Å². The van der Waals surface area contributed by atoms with Gasteiger partial charge in [0.05, 0.1) is 5.75 Å². The third-order valence-electron chi connectivity index (χ3n) is 2.52. The van der Waals surface area contributed by atoms with Crippen LogP contribution < -0.4 is 11.5 Å². The Hall–Kier alpha value is -2.20. The van der Waals surface area contributed by atoms with Gasteiger partial charge in [0.25, 0.3) is 5.22 Å². The summed E-state index contributed by atoms with van der Waals surface area (Å²) in [5.41, 5.74) is 11.9. The van der Waals surface area contributed by atoms with Crippen LogP contribution in [-0.4, -0.2) is 25.1 Å². The lowest BCUT2D eigenvalue weighted by molar-refractivity contribution is 0.465. The molecule has 1 aromatic carbocycles. The highest BCUT2D eigenvalue weighted by molar-refractivity contribution is 9.10. The minimum atomic E-state index is 0.0865. The first-order valence-corrected chi connectivity index (χ1v) is 7.86. The molecule has 0 aliphatic carbocycles. The molecular weight excluding hydrogens is 370 g/mol. The normalized spacial score (nSPS) is 10.8. The van der Waals surface area contributed by atoms with Gasteiger partial charge >= 0.3 is 0 Å². The maximum Gasteiger partial charge on any atom is 0.277 e. The lowest BCUT2D eigenvalue weighted by Gasteiger charge is -1.99. The molecule has 22 heavy (non-hydrogen) atoms. The Morgan fingerprint density at radius 2 is 1.86 bits per heavy atom. The summed E-state index contributed by atoms with van der Waals surface area (Å²) in [6.45, 7) is 0. The average molecular weight is 380 g/mol. The van der Waals surface area contributed by atoms with Crippen LogP contribution in [0.15, 0.2) is 38.4 Å². The van der Waals surface area contributed by atoms with Gasteiger partial charge in [0.1, 0.15) is 5.82 Å². The van der Waals surface area contributed by atoms with E-state index in [2.05, 4.69) is 41.1 Å². The van der Waals surface area contributed by atoms with Crippen LogP contribution in [0.1, 0.15) is 5.82 Å². The van der Waals surface area contributed by atoms with Gasteiger partial charge in [-0.2, -0.15) is 15.0 Å². The molecule has 4 N–H and O–H groups in total. The molecule has 112 valence electrons. The maximum atomic E-state index is 5.59. The van der Waals surface area contributed by atoms with Crippen LogP contribution in [0.25, 0.3) is 11.5 Å². The van der Waals surface area contributed by atoms with Crippen molar-refractivity contribution in [2.45, 2.75) is 11.0 Å². The fourth-order valence-corrected chi connectivity index (χ4v) is 2.67. The molecule has 10 heteroatoms. The van der Waals surface area contributed by atoms with Crippen molar-refractivity contribution >= 4 is 39.6 Å². The number of nitrogen functional groups attached to an aromatic ring is 2. The van der Waals surface area contributed by atoms with Gasteiger partial charge in [0.2, 0.25) is 17.8 Å². The zero-order chi connectivity index (χ0) is 15.5. The number of thioether (sulfide) groups is 1. The van der Waals surface area contributed by atoms with E-state index in [1.807, 2.05) is 24.3 Å². The molecule has 8 nitrogen and oxygen atoms in total. The van der Waals surface area contributed by atoms with Crippen LogP contribution in [0.5, 0.6) is 0 Å². The molecular formula is C12H10BrN7OS. The summed E-state index contributed by atoms with van der Waals surface area (Å²) in [4.78, 5) is 11.7. The molecule has 0 aliphatic rings. The second-order valence-corrected chi connectivity index (χ2v) is 5.98. The number of nitrogens with zero attached hydrogens (tertiary/aromatic N) is 5. The molecule has 2 aromatic heterocycles. The van der Waals surface area contributed by atoms with Crippen LogP contribution in [0.3, 0.4) is 0 Å². The zero-order valence-electron chi connectivity index (χ0n) is 11.1. The molecule has 0 fully saturated rings. The smallest absolute Gasteiger partial charge is 0.277 e. The largest absolute Gasteiger partial charge is 0.411 e. The van der Waals surface area contributed by atoms with Crippen molar-refractivity contribution in [2.24, 2.45) is 0 Å². The Morgan fingerprint density at radius 3 is 2.59 bits per heavy atom. The molecule has 2 heterocycles. The first-order valence-electron chi connectivity index (χ1n) is 6.08. The van der Waals surface area contributed by atoms with Gasteiger partial charge < -0.3 is 15.9 Å². The Balaban J connectivity index is 1.72. The van der Waals surface area contributed by atoms with Gasteiger partial charge in [-0.3, -0.25) is 0 Å². The van der Waals surface area contributed by atoms with Crippen LogP contribution in [-0.2, 0) is 5.75 Å². The summed E-state index contributed by atoms with van der Waals surface area (Å²) < 4.78 is 6.53. The molecule has 0 unspecified atom stereocenters. The van der Waals surface area contributed by atoms with E-state index in [0.717, 1.165) is 10.0 Å². The van der Waals surface area contributed by atoms with E-state index in [9.17, 15) is 0 Å².